The molecule has 0 aliphatic heterocycles. The van der Waals surface area contributed by atoms with Crippen molar-refractivity contribution in [2.45, 2.75) is 38.5 Å². The van der Waals surface area contributed by atoms with Crippen molar-refractivity contribution in [1.82, 2.24) is 0 Å². The van der Waals surface area contributed by atoms with Gasteiger partial charge in [-0.3, -0.25) is 4.79 Å². The summed E-state index contributed by atoms with van der Waals surface area (Å²) >= 11 is 0. The SMILES string of the molecule is NCC1(C(=O)Nc2ccc(C(=O)O)cc2)CCCCCC1. The molecule has 1 aromatic carbocycles. The van der Waals surface area contributed by atoms with E-state index in [1.807, 2.05) is 0 Å². The third-order valence-electron chi connectivity index (χ3n) is 4.32. The zero-order valence-corrected chi connectivity index (χ0v) is 12.1. The second-order valence-corrected chi connectivity index (χ2v) is 5.74. The van der Waals surface area contributed by atoms with E-state index in [-0.39, 0.29) is 11.5 Å². The first kappa shape index (κ1) is 15.5. The van der Waals surface area contributed by atoms with E-state index in [1.54, 1.807) is 12.1 Å². The topological polar surface area (TPSA) is 92.4 Å². The van der Waals surface area contributed by atoms with Gasteiger partial charge in [-0.05, 0) is 37.1 Å². The molecule has 5 heteroatoms. The number of benzene rings is 1. The number of carbonyl (C=O) groups is 2. The Morgan fingerprint density at radius 1 is 1.10 bits per heavy atom. The van der Waals surface area contributed by atoms with Crippen molar-refractivity contribution in [3.8, 4) is 0 Å². The second kappa shape index (κ2) is 6.72. The fraction of sp³-hybridized carbons (Fsp3) is 0.500. The molecule has 0 atom stereocenters. The molecule has 5 nitrogen and oxygen atoms in total. The number of amides is 1. The predicted octanol–water partition coefficient (Wildman–Crippen LogP) is 2.62. The highest BCUT2D eigenvalue weighted by molar-refractivity contribution is 5.96. The first-order valence-electron chi connectivity index (χ1n) is 7.42. The van der Waals surface area contributed by atoms with Gasteiger partial charge in [-0.15, -0.1) is 0 Å². The van der Waals surface area contributed by atoms with Gasteiger partial charge in [0.15, 0.2) is 0 Å². The molecule has 0 heterocycles. The van der Waals surface area contributed by atoms with Crippen LogP contribution in [0.3, 0.4) is 0 Å². The first-order chi connectivity index (χ1) is 10.1. The molecule has 1 amide bonds. The van der Waals surface area contributed by atoms with Crippen LogP contribution in [0.15, 0.2) is 24.3 Å². The van der Waals surface area contributed by atoms with Crippen LogP contribution < -0.4 is 11.1 Å². The number of nitrogens with two attached hydrogens (primary N) is 1. The van der Waals surface area contributed by atoms with Gasteiger partial charge in [-0.2, -0.15) is 0 Å². The van der Waals surface area contributed by atoms with Gasteiger partial charge in [0.25, 0.3) is 0 Å². The molecule has 1 saturated carbocycles. The molecule has 0 radical (unpaired) electrons. The van der Waals surface area contributed by atoms with E-state index in [2.05, 4.69) is 5.32 Å². The van der Waals surface area contributed by atoms with Gasteiger partial charge in [0.05, 0.1) is 11.0 Å². The first-order valence-corrected chi connectivity index (χ1v) is 7.42. The molecular weight excluding hydrogens is 268 g/mol. The number of carboxylic acid groups (broad SMARTS) is 1. The quantitative estimate of drug-likeness (QED) is 0.743. The Morgan fingerprint density at radius 3 is 2.14 bits per heavy atom. The summed E-state index contributed by atoms with van der Waals surface area (Å²) in [7, 11) is 0. The summed E-state index contributed by atoms with van der Waals surface area (Å²) in [6, 6.07) is 6.20. The van der Waals surface area contributed by atoms with Crippen LogP contribution in [0.2, 0.25) is 0 Å². The Balaban J connectivity index is 2.09. The molecule has 0 bridgehead atoms. The summed E-state index contributed by atoms with van der Waals surface area (Å²) in [4.78, 5) is 23.4. The lowest BCUT2D eigenvalue weighted by molar-refractivity contribution is -0.125. The second-order valence-electron chi connectivity index (χ2n) is 5.74. The molecule has 0 unspecified atom stereocenters. The molecule has 4 N–H and O–H groups in total. The number of hydrogen-bond donors (Lipinski definition) is 3. The highest BCUT2D eigenvalue weighted by atomic mass is 16.4. The standard InChI is InChI=1S/C16H22N2O3/c17-11-16(9-3-1-2-4-10-16)15(21)18-13-7-5-12(6-8-13)14(19)20/h5-8H,1-4,9-11,17H2,(H,18,21)(H,19,20). The van der Waals surface area contributed by atoms with Crippen LogP contribution >= 0.6 is 0 Å². The normalized spacial score (nSPS) is 17.8. The van der Waals surface area contributed by atoms with Crippen LogP contribution in [-0.4, -0.2) is 23.5 Å². The summed E-state index contributed by atoms with van der Waals surface area (Å²) in [6.07, 6.45) is 6.01. The average Bonchev–Trinajstić information content (AvgIpc) is 2.74. The van der Waals surface area contributed by atoms with Gasteiger partial charge in [0, 0.05) is 12.2 Å². The minimum Gasteiger partial charge on any atom is -0.478 e. The molecule has 21 heavy (non-hydrogen) atoms. The van der Waals surface area contributed by atoms with Crippen molar-refractivity contribution in [1.29, 1.82) is 0 Å². The zero-order valence-electron chi connectivity index (χ0n) is 12.1. The highest BCUT2D eigenvalue weighted by Gasteiger charge is 2.37. The summed E-state index contributed by atoms with van der Waals surface area (Å²) in [5, 5.41) is 11.8. The monoisotopic (exact) mass is 290 g/mol. The fourth-order valence-electron chi connectivity index (χ4n) is 2.89. The van der Waals surface area contributed by atoms with E-state index >= 15 is 0 Å². The van der Waals surface area contributed by atoms with Crippen LogP contribution in [0, 0.1) is 5.41 Å². The van der Waals surface area contributed by atoms with Crippen molar-refractivity contribution in [3.63, 3.8) is 0 Å². The average molecular weight is 290 g/mol. The summed E-state index contributed by atoms with van der Waals surface area (Å²) in [5.74, 6) is -1.02. The third kappa shape index (κ3) is 3.61. The molecule has 0 saturated heterocycles. The molecular formula is C16H22N2O3. The minimum absolute atomic E-state index is 0.0463. The van der Waals surface area contributed by atoms with E-state index < -0.39 is 11.4 Å². The predicted molar refractivity (Wildman–Crippen MR) is 81.2 cm³/mol. The lowest BCUT2D eigenvalue weighted by atomic mass is 9.79. The number of aromatic carboxylic acids is 1. The molecule has 114 valence electrons. The van der Waals surface area contributed by atoms with Crippen molar-refractivity contribution < 1.29 is 14.7 Å². The van der Waals surface area contributed by atoms with Gasteiger partial charge < -0.3 is 16.2 Å². The van der Waals surface area contributed by atoms with Gasteiger partial charge >= 0.3 is 5.97 Å². The lowest BCUT2D eigenvalue weighted by Crippen LogP contribution is -2.42. The number of nitrogens with one attached hydrogen (secondary N) is 1. The maximum Gasteiger partial charge on any atom is 0.335 e. The van der Waals surface area contributed by atoms with Gasteiger partial charge in [-0.25, -0.2) is 4.79 Å². The van der Waals surface area contributed by atoms with Crippen molar-refractivity contribution in [2.75, 3.05) is 11.9 Å². The van der Waals surface area contributed by atoms with Crippen LogP contribution in [0.1, 0.15) is 48.9 Å². The zero-order chi connectivity index (χ0) is 15.3. The Bertz CT molecular complexity index is 503. The summed E-state index contributed by atoms with van der Waals surface area (Å²) in [5.41, 5.74) is 6.22. The van der Waals surface area contributed by atoms with Gasteiger partial charge in [0.2, 0.25) is 5.91 Å². The maximum absolute atomic E-state index is 12.6. The van der Waals surface area contributed by atoms with E-state index in [9.17, 15) is 9.59 Å². The molecule has 0 spiro atoms. The number of carbonyl (C=O) groups excluding carboxylic acids is 1. The molecule has 1 aromatic rings. The largest absolute Gasteiger partial charge is 0.478 e. The van der Waals surface area contributed by atoms with Gasteiger partial charge in [0.1, 0.15) is 0 Å². The number of hydrogen-bond acceptors (Lipinski definition) is 3. The van der Waals surface area contributed by atoms with E-state index in [0.29, 0.717) is 12.2 Å². The number of carboxylic acids is 1. The van der Waals surface area contributed by atoms with E-state index in [1.165, 1.54) is 12.1 Å². The smallest absolute Gasteiger partial charge is 0.335 e. The molecule has 0 aromatic heterocycles. The Labute approximate surface area is 124 Å². The van der Waals surface area contributed by atoms with Crippen molar-refractivity contribution >= 4 is 17.6 Å². The van der Waals surface area contributed by atoms with Crippen molar-refractivity contribution in [2.24, 2.45) is 11.1 Å². The van der Waals surface area contributed by atoms with Crippen LogP contribution in [0.25, 0.3) is 0 Å². The van der Waals surface area contributed by atoms with E-state index in [4.69, 9.17) is 10.8 Å². The van der Waals surface area contributed by atoms with Crippen LogP contribution in [-0.2, 0) is 4.79 Å². The molecule has 2 rings (SSSR count). The lowest BCUT2D eigenvalue weighted by Gasteiger charge is -2.29. The van der Waals surface area contributed by atoms with E-state index in [0.717, 1.165) is 38.5 Å². The summed E-state index contributed by atoms with van der Waals surface area (Å²) in [6.45, 7) is 0.353. The maximum atomic E-state index is 12.6. The molecule has 1 aliphatic carbocycles. The van der Waals surface area contributed by atoms with Gasteiger partial charge in [-0.1, -0.05) is 25.7 Å². The minimum atomic E-state index is -0.977. The third-order valence-corrected chi connectivity index (χ3v) is 4.32. The molecule has 1 aliphatic rings. The van der Waals surface area contributed by atoms with Crippen LogP contribution in [0.4, 0.5) is 5.69 Å². The van der Waals surface area contributed by atoms with Crippen LogP contribution in [0.5, 0.6) is 0 Å². The Kier molecular flexibility index (Phi) is 4.96. The Hall–Kier alpha value is -1.88. The fourth-order valence-corrected chi connectivity index (χ4v) is 2.89. The summed E-state index contributed by atoms with van der Waals surface area (Å²) < 4.78 is 0. The van der Waals surface area contributed by atoms with Crippen molar-refractivity contribution in [3.05, 3.63) is 29.8 Å². The molecule has 1 fully saturated rings. The number of rotatable bonds is 4. The Morgan fingerprint density at radius 2 is 1.67 bits per heavy atom. The highest BCUT2D eigenvalue weighted by Crippen LogP contribution is 2.35. The number of anilines is 1.